The number of fused-ring (bicyclic) bond motifs is 1. The molecule has 3 rings (SSSR count). The van der Waals surface area contributed by atoms with Crippen LogP contribution in [0.25, 0.3) is 0 Å². The lowest BCUT2D eigenvalue weighted by molar-refractivity contribution is 0.0361. The number of aromatic nitrogens is 1. The Kier molecular flexibility index (Phi) is 4.19. The van der Waals surface area contributed by atoms with Crippen LogP contribution in [-0.4, -0.2) is 48.4 Å². The molecule has 0 bridgehead atoms. The third-order valence-corrected chi connectivity index (χ3v) is 4.37. The van der Waals surface area contributed by atoms with E-state index in [1.165, 1.54) is 11.3 Å². The Hall–Kier alpha value is -1.17. The first-order chi connectivity index (χ1) is 9.74. The van der Waals surface area contributed by atoms with E-state index in [1.54, 1.807) is 6.07 Å². The summed E-state index contributed by atoms with van der Waals surface area (Å²) >= 11 is 0. The molecule has 0 aromatic carbocycles. The molecule has 0 saturated carbocycles. The predicted octanol–water partition coefficient (Wildman–Crippen LogP) is -0.00350. The van der Waals surface area contributed by atoms with E-state index >= 15 is 0 Å². The zero-order chi connectivity index (χ0) is 13.9. The van der Waals surface area contributed by atoms with Gasteiger partial charge in [-0.25, -0.2) is 0 Å². The van der Waals surface area contributed by atoms with Crippen molar-refractivity contribution in [2.24, 2.45) is 5.73 Å². The Balaban J connectivity index is 1.75. The average molecular weight is 277 g/mol. The fraction of sp³-hybridized carbons (Fsp3) is 0.667. The van der Waals surface area contributed by atoms with Crippen LogP contribution in [0, 0.1) is 0 Å². The highest BCUT2D eigenvalue weighted by atomic mass is 16.5. The minimum Gasteiger partial charge on any atom is -0.379 e. The lowest BCUT2D eigenvalue weighted by Crippen LogP contribution is -2.40. The summed E-state index contributed by atoms with van der Waals surface area (Å²) in [4.78, 5) is 14.5. The van der Waals surface area contributed by atoms with Crippen LogP contribution < -0.4 is 11.3 Å². The van der Waals surface area contributed by atoms with E-state index < -0.39 is 0 Å². The summed E-state index contributed by atoms with van der Waals surface area (Å²) in [6.45, 7) is 5.24. The number of morpholine rings is 1. The molecule has 1 aromatic rings. The molecule has 0 amide bonds. The van der Waals surface area contributed by atoms with Crippen molar-refractivity contribution in [1.82, 2.24) is 9.47 Å². The second-order valence-corrected chi connectivity index (χ2v) is 5.75. The van der Waals surface area contributed by atoms with Gasteiger partial charge in [0.2, 0.25) is 0 Å². The molecule has 1 aliphatic heterocycles. The summed E-state index contributed by atoms with van der Waals surface area (Å²) < 4.78 is 7.31. The van der Waals surface area contributed by atoms with Crippen molar-refractivity contribution in [1.29, 1.82) is 0 Å². The molecular formula is C15H23N3O2. The van der Waals surface area contributed by atoms with Crippen molar-refractivity contribution in [2.45, 2.75) is 31.8 Å². The van der Waals surface area contributed by atoms with Crippen molar-refractivity contribution in [3.63, 3.8) is 0 Å². The Morgan fingerprint density at radius 1 is 1.25 bits per heavy atom. The fourth-order valence-corrected chi connectivity index (χ4v) is 3.16. The maximum atomic E-state index is 12.1. The van der Waals surface area contributed by atoms with E-state index in [2.05, 4.69) is 4.90 Å². The third kappa shape index (κ3) is 2.95. The van der Waals surface area contributed by atoms with Crippen molar-refractivity contribution in [3.8, 4) is 0 Å². The highest BCUT2D eigenvalue weighted by molar-refractivity contribution is 5.25. The molecule has 5 heteroatoms. The van der Waals surface area contributed by atoms with Gasteiger partial charge in [-0.3, -0.25) is 9.69 Å². The second-order valence-electron chi connectivity index (χ2n) is 5.75. The van der Waals surface area contributed by atoms with Crippen LogP contribution in [0.15, 0.2) is 16.9 Å². The van der Waals surface area contributed by atoms with Crippen molar-refractivity contribution in [3.05, 3.63) is 33.7 Å². The quantitative estimate of drug-likeness (QED) is 0.844. The first kappa shape index (κ1) is 13.8. The number of ether oxygens (including phenoxy) is 1. The van der Waals surface area contributed by atoms with Crippen LogP contribution in [0.4, 0.5) is 0 Å². The van der Waals surface area contributed by atoms with E-state index in [4.69, 9.17) is 10.5 Å². The van der Waals surface area contributed by atoms with Gasteiger partial charge in [0.15, 0.2) is 0 Å². The summed E-state index contributed by atoms with van der Waals surface area (Å²) in [5.74, 6) is 0. The van der Waals surface area contributed by atoms with Gasteiger partial charge in [0.05, 0.1) is 13.2 Å². The molecule has 0 radical (unpaired) electrons. The van der Waals surface area contributed by atoms with E-state index in [1.807, 2.05) is 10.6 Å². The summed E-state index contributed by atoms with van der Waals surface area (Å²) in [5.41, 5.74) is 8.59. The molecular weight excluding hydrogens is 254 g/mol. The smallest absolute Gasteiger partial charge is 0.250 e. The third-order valence-electron chi connectivity index (χ3n) is 4.37. The first-order valence-corrected chi connectivity index (χ1v) is 7.51. The van der Waals surface area contributed by atoms with Gasteiger partial charge in [0, 0.05) is 44.0 Å². The van der Waals surface area contributed by atoms with Crippen molar-refractivity contribution < 1.29 is 4.74 Å². The van der Waals surface area contributed by atoms with Crippen LogP contribution in [0.3, 0.4) is 0 Å². The molecule has 110 valence electrons. The number of hydrogen-bond donors (Lipinski definition) is 1. The molecule has 0 spiro atoms. The Morgan fingerprint density at radius 3 is 2.85 bits per heavy atom. The highest BCUT2D eigenvalue weighted by Crippen LogP contribution is 2.19. The summed E-state index contributed by atoms with van der Waals surface area (Å²) in [6, 6.07) is 3.89. The van der Waals surface area contributed by atoms with Gasteiger partial charge >= 0.3 is 0 Å². The number of nitrogens with zero attached hydrogens (tertiary/aromatic N) is 2. The molecule has 20 heavy (non-hydrogen) atoms. The zero-order valence-electron chi connectivity index (χ0n) is 11.9. The van der Waals surface area contributed by atoms with Crippen molar-refractivity contribution >= 4 is 0 Å². The maximum Gasteiger partial charge on any atom is 0.250 e. The maximum absolute atomic E-state index is 12.1. The molecule has 1 fully saturated rings. The van der Waals surface area contributed by atoms with E-state index in [-0.39, 0.29) is 11.6 Å². The SMILES string of the molecule is N[C@@H]1CCc2c(ccc(=O)n2CCN2CCOCC2)C1. The molecule has 1 saturated heterocycles. The molecule has 2 heterocycles. The molecule has 0 unspecified atom stereocenters. The lowest BCUT2D eigenvalue weighted by Gasteiger charge is -2.29. The molecule has 2 aliphatic rings. The van der Waals surface area contributed by atoms with Crippen LogP contribution in [0.5, 0.6) is 0 Å². The topological polar surface area (TPSA) is 60.5 Å². The number of nitrogens with two attached hydrogens (primary N) is 1. The fourth-order valence-electron chi connectivity index (χ4n) is 3.16. The van der Waals surface area contributed by atoms with Crippen LogP contribution in [0.2, 0.25) is 0 Å². The van der Waals surface area contributed by atoms with Gasteiger partial charge in [0.25, 0.3) is 5.56 Å². The average Bonchev–Trinajstić information content (AvgIpc) is 2.47. The summed E-state index contributed by atoms with van der Waals surface area (Å²) in [7, 11) is 0. The summed E-state index contributed by atoms with van der Waals surface area (Å²) in [5, 5.41) is 0. The van der Waals surface area contributed by atoms with Gasteiger partial charge < -0.3 is 15.0 Å². The summed E-state index contributed by atoms with van der Waals surface area (Å²) in [6.07, 6.45) is 2.80. The standard InChI is InChI=1S/C15H23N3O2/c16-13-2-3-14-12(11-13)1-4-15(19)18(14)6-5-17-7-9-20-10-8-17/h1,4,13H,2-3,5-11,16H2/t13-/m1/s1. The lowest BCUT2D eigenvalue weighted by atomic mass is 9.92. The van der Waals surface area contributed by atoms with Gasteiger partial charge in [-0.15, -0.1) is 0 Å². The Morgan fingerprint density at radius 2 is 2.05 bits per heavy atom. The molecule has 1 atom stereocenters. The van der Waals surface area contributed by atoms with Gasteiger partial charge in [-0.1, -0.05) is 6.07 Å². The number of pyridine rings is 1. The predicted molar refractivity (Wildman–Crippen MR) is 78.0 cm³/mol. The van der Waals surface area contributed by atoms with Gasteiger partial charge in [0.1, 0.15) is 0 Å². The molecule has 1 aliphatic carbocycles. The van der Waals surface area contributed by atoms with E-state index in [9.17, 15) is 4.79 Å². The molecule has 5 nitrogen and oxygen atoms in total. The normalized spacial score (nSPS) is 23.6. The van der Waals surface area contributed by atoms with Gasteiger partial charge in [-0.2, -0.15) is 0 Å². The minimum absolute atomic E-state index is 0.118. The first-order valence-electron chi connectivity index (χ1n) is 7.51. The molecule has 1 aromatic heterocycles. The van der Waals surface area contributed by atoms with Crippen LogP contribution >= 0.6 is 0 Å². The Labute approximate surface area is 119 Å². The van der Waals surface area contributed by atoms with Crippen LogP contribution in [-0.2, 0) is 24.1 Å². The highest BCUT2D eigenvalue weighted by Gasteiger charge is 2.19. The van der Waals surface area contributed by atoms with Gasteiger partial charge in [-0.05, 0) is 24.8 Å². The minimum atomic E-state index is 0.118. The largest absolute Gasteiger partial charge is 0.379 e. The number of hydrogen-bond acceptors (Lipinski definition) is 4. The van der Waals surface area contributed by atoms with E-state index in [0.29, 0.717) is 0 Å². The van der Waals surface area contributed by atoms with Crippen LogP contribution in [0.1, 0.15) is 17.7 Å². The van der Waals surface area contributed by atoms with Crippen molar-refractivity contribution in [2.75, 3.05) is 32.8 Å². The second kappa shape index (κ2) is 6.08. The number of rotatable bonds is 3. The monoisotopic (exact) mass is 277 g/mol. The Bertz CT molecular complexity index is 520. The van der Waals surface area contributed by atoms with E-state index in [0.717, 1.165) is 58.7 Å². The zero-order valence-corrected chi connectivity index (χ0v) is 11.9. The molecule has 2 N–H and O–H groups in total.